The molecule has 1 aliphatic heterocycles. The van der Waals surface area contributed by atoms with Gasteiger partial charge in [0.05, 0.1) is 19.2 Å². The number of fused-ring (bicyclic) bond motifs is 1. The molecule has 7 nitrogen and oxygen atoms in total. The predicted octanol–water partition coefficient (Wildman–Crippen LogP) is 2.29. The van der Waals surface area contributed by atoms with Crippen LogP contribution in [0.3, 0.4) is 0 Å². The molecule has 0 spiro atoms. The largest absolute Gasteiger partial charge is 0.486 e. The highest BCUT2D eigenvalue weighted by Crippen LogP contribution is 2.32. The van der Waals surface area contributed by atoms with Crippen molar-refractivity contribution in [2.75, 3.05) is 37.5 Å². The molecule has 2 aromatic rings. The summed E-state index contributed by atoms with van der Waals surface area (Å²) >= 11 is 0. The third-order valence-electron chi connectivity index (χ3n) is 3.56. The summed E-state index contributed by atoms with van der Waals surface area (Å²) in [5.74, 6) is 0.634. The molecule has 0 radical (unpaired) electrons. The summed E-state index contributed by atoms with van der Waals surface area (Å²) in [7, 11) is 1.32. The Morgan fingerprint density at radius 2 is 1.84 bits per heavy atom. The number of rotatable bonds is 5. The topological polar surface area (TPSA) is 85.9 Å². The summed E-state index contributed by atoms with van der Waals surface area (Å²) in [4.78, 5) is 23.6. The Morgan fingerprint density at radius 3 is 2.64 bits per heavy atom. The van der Waals surface area contributed by atoms with Crippen molar-refractivity contribution in [2.24, 2.45) is 0 Å². The lowest BCUT2D eigenvalue weighted by molar-refractivity contribution is -0.114. The second kappa shape index (κ2) is 7.57. The van der Waals surface area contributed by atoms with E-state index in [0.29, 0.717) is 41.7 Å². The van der Waals surface area contributed by atoms with Crippen LogP contribution >= 0.6 is 0 Å². The van der Waals surface area contributed by atoms with Crippen LogP contribution in [0.5, 0.6) is 11.5 Å². The zero-order valence-electron chi connectivity index (χ0n) is 13.7. The average Bonchev–Trinajstić information content (AvgIpc) is 2.66. The minimum absolute atomic E-state index is 0.0546. The SMILES string of the molecule is COC(=O)c1cccc(NCC(=O)Nc2ccc3c(c2)OCCO3)c1. The Labute approximate surface area is 144 Å². The number of benzene rings is 2. The van der Waals surface area contributed by atoms with Gasteiger partial charge in [0.15, 0.2) is 11.5 Å². The van der Waals surface area contributed by atoms with Crippen molar-refractivity contribution >= 4 is 23.3 Å². The first-order valence-corrected chi connectivity index (χ1v) is 7.77. The van der Waals surface area contributed by atoms with Gasteiger partial charge in [0.1, 0.15) is 13.2 Å². The number of methoxy groups -OCH3 is 1. The first kappa shape index (κ1) is 16.6. The van der Waals surface area contributed by atoms with Gasteiger partial charge < -0.3 is 24.8 Å². The van der Waals surface area contributed by atoms with Gasteiger partial charge >= 0.3 is 5.97 Å². The molecule has 0 saturated heterocycles. The van der Waals surface area contributed by atoms with E-state index in [9.17, 15) is 9.59 Å². The molecule has 1 aliphatic rings. The van der Waals surface area contributed by atoms with E-state index in [2.05, 4.69) is 15.4 Å². The predicted molar refractivity (Wildman–Crippen MR) is 92.3 cm³/mol. The van der Waals surface area contributed by atoms with Crippen molar-refractivity contribution in [3.63, 3.8) is 0 Å². The van der Waals surface area contributed by atoms with Crippen LogP contribution in [0.15, 0.2) is 42.5 Å². The second-order valence-corrected chi connectivity index (χ2v) is 5.33. The number of hydrogen-bond acceptors (Lipinski definition) is 6. The minimum Gasteiger partial charge on any atom is -0.486 e. The molecule has 1 heterocycles. The molecule has 0 bridgehead atoms. The van der Waals surface area contributed by atoms with Crippen LogP contribution < -0.4 is 20.1 Å². The molecule has 0 unspecified atom stereocenters. The molecule has 130 valence electrons. The molecule has 0 aromatic heterocycles. The number of carbonyl (C=O) groups is 2. The van der Waals surface area contributed by atoms with Crippen LogP contribution in [0.2, 0.25) is 0 Å². The van der Waals surface area contributed by atoms with Gasteiger partial charge in [-0.2, -0.15) is 0 Å². The fourth-order valence-corrected chi connectivity index (χ4v) is 2.38. The lowest BCUT2D eigenvalue weighted by atomic mass is 10.2. The van der Waals surface area contributed by atoms with E-state index < -0.39 is 5.97 Å². The first-order valence-electron chi connectivity index (χ1n) is 7.77. The lowest BCUT2D eigenvalue weighted by Crippen LogP contribution is -2.22. The number of nitrogens with one attached hydrogen (secondary N) is 2. The average molecular weight is 342 g/mol. The summed E-state index contributed by atoms with van der Waals surface area (Å²) in [5, 5.41) is 5.75. The highest BCUT2D eigenvalue weighted by Gasteiger charge is 2.13. The molecular weight excluding hydrogens is 324 g/mol. The normalized spacial score (nSPS) is 12.2. The monoisotopic (exact) mass is 342 g/mol. The molecule has 0 fully saturated rings. The number of amides is 1. The molecule has 2 aromatic carbocycles. The maximum absolute atomic E-state index is 12.1. The van der Waals surface area contributed by atoms with Crippen molar-refractivity contribution in [1.82, 2.24) is 0 Å². The van der Waals surface area contributed by atoms with Crippen molar-refractivity contribution < 1.29 is 23.8 Å². The van der Waals surface area contributed by atoms with Crippen LogP contribution in [0, 0.1) is 0 Å². The second-order valence-electron chi connectivity index (χ2n) is 5.33. The van der Waals surface area contributed by atoms with E-state index in [1.807, 2.05) is 0 Å². The van der Waals surface area contributed by atoms with E-state index in [0.717, 1.165) is 0 Å². The Kier molecular flexibility index (Phi) is 5.03. The van der Waals surface area contributed by atoms with E-state index in [1.54, 1.807) is 42.5 Å². The van der Waals surface area contributed by atoms with Gasteiger partial charge in [0.25, 0.3) is 0 Å². The van der Waals surface area contributed by atoms with Crippen molar-refractivity contribution in [3.05, 3.63) is 48.0 Å². The van der Waals surface area contributed by atoms with Gasteiger partial charge in [0.2, 0.25) is 5.91 Å². The molecule has 0 atom stereocenters. The summed E-state index contributed by atoms with van der Waals surface area (Å²) < 4.78 is 15.6. The highest BCUT2D eigenvalue weighted by molar-refractivity contribution is 5.94. The smallest absolute Gasteiger partial charge is 0.337 e. The van der Waals surface area contributed by atoms with Crippen molar-refractivity contribution in [2.45, 2.75) is 0 Å². The van der Waals surface area contributed by atoms with Crippen LogP contribution in [0.4, 0.5) is 11.4 Å². The molecular formula is C18H18N2O5. The quantitative estimate of drug-likeness (QED) is 0.811. The third-order valence-corrected chi connectivity index (χ3v) is 3.56. The Hall–Kier alpha value is -3.22. The van der Waals surface area contributed by atoms with E-state index >= 15 is 0 Å². The molecule has 0 saturated carbocycles. The maximum atomic E-state index is 12.1. The number of ether oxygens (including phenoxy) is 3. The molecule has 0 aliphatic carbocycles. The standard InChI is InChI=1S/C18H18N2O5/c1-23-18(22)12-3-2-4-13(9-12)19-11-17(21)20-14-5-6-15-16(10-14)25-8-7-24-15/h2-6,9-10,19H,7-8,11H2,1H3,(H,20,21). The highest BCUT2D eigenvalue weighted by atomic mass is 16.6. The summed E-state index contributed by atoms with van der Waals surface area (Å²) in [6.45, 7) is 1.06. The number of hydrogen-bond donors (Lipinski definition) is 2. The molecule has 2 N–H and O–H groups in total. The van der Waals surface area contributed by atoms with Gasteiger partial charge in [-0.25, -0.2) is 4.79 Å². The lowest BCUT2D eigenvalue weighted by Gasteiger charge is -2.19. The van der Waals surface area contributed by atoms with Gasteiger partial charge in [-0.05, 0) is 30.3 Å². The number of esters is 1. The Morgan fingerprint density at radius 1 is 1.04 bits per heavy atom. The van der Waals surface area contributed by atoms with Crippen LogP contribution in [-0.4, -0.2) is 38.7 Å². The van der Waals surface area contributed by atoms with E-state index in [4.69, 9.17) is 9.47 Å². The van der Waals surface area contributed by atoms with Crippen LogP contribution in [0.25, 0.3) is 0 Å². The molecule has 1 amide bonds. The minimum atomic E-state index is -0.427. The fraction of sp³-hybridized carbons (Fsp3) is 0.222. The Balaban J connectivity index is 1.57. The van der Waals surface area contributed by atoms with Crippen molar-refractivity contribution in [1.29, 1.82) is 0 Å². The van der Waals surface area contributed by atoms with E-state index in [-0.39, 0.29) is 12.5 Å². The summed E-state index contributed by atoms with van der Waals surface area (Å²) in [5.41, 5.74) is 1.69. The third kappa shape index (κ3) is 4.20. The molecule has 7 heteroatoms. The van der Waals surface area contributed by atoms with Crippen molar-refractivity contribution in [3.8, 4) is 11.5 Å². The van der Waals surface area contributed by atoms with E-state index in [1.165, 1.54) is 7.11 Å². The van der Waals surface area contributed by atoms with Gasteiger partial charge in [-0.15, -0.1) is 0 Å². The van der Waals surface area contributed by atoms with Gasteiger partial charge in [-0.1, -0.05) is 6.07 Å². The maximum Gasteiger partial charge on any atom is 0.337 e. The summed E-state index contributed by atoms with van der Waals surface area (Å²) in [6, 6.07) is 12.0. The van der Waals surface area contributed by atoms with Gasteiger partial charge in [-0.3, -0.25) is 4.79 Å². The molecule has 25 heavy (non-hydrogen) atoms. The fourth-order valence-electron chi connectivity index (χ4n) is 2.38. The van der Waals surface area contributed by atoms with Crippen LogP contribution in [-0.2, 0) is 9.53 Å². The zero-order valence-corrected chi connectivity index (χ0v) is 13.7. The van der Waals surface area contributed by atoms with Crippen LogP contribution in [0.1, 0.15) is 10.4 Å². The number of anilines is 2. The number of carbonyl (C=O) groups excluding carboxylic acids is 2. The summed E-state index contributed by atoms with van der Waals surface area (Å²) in [6.07, 6.45) is 0. The Bertz CT molecular complexity index is 791. The van der Waals surface area contributed by atoms with Gasteiger partial charge in [0, 0.05) is 17.4 Å². The molecule has 3 rings (SSSR count). The first-order chi connectivity index (χ1) is 12.2. The zero-order chi connectivity index (χ0) is 17.6.